The van der Waals surface area contributed by atoms with Crippen LogP contribution in [0.5, 0.6) is 5.75 Å². The molecule has 106 valence electrons. The molecular formula is C14H16N2O3S. The summed E-state index contributed by atoms with van der Waals surface area (Å²) in [7, 11) is 0. The van der Waals surface area contributed by atoms with Crippen LogP contribution in [-0.2, 0) is 9.59 Å². The zero-order valence-electron chi connectivity index (χ0n) is 11.0. The van der Waals surface area contributed by atoms with E-state index < -0.39 is 0 Å². The van der Waals surface area contributed by atoms with Crippen LogP contribution in [0, 0.1) is 0 Å². The van der Waals surface area contributed by atoms with E-state index in [9.17, 15) is 9.59 Å². The Hall–Kier alpha value is -1.69. The first kappa shape index (κ1) is 13.3. The number of hydrogen-bond acceptors (Lipinski definition) is 4. The van der Waals surface area contributed by atoms with E-state index in [-0.39, 0.29) is 24.4 Å². The van der Waals surface area contributed by atoms with Gasteiger partial charge in [-0.25, -0.2) is 0 Å². The van der Waals surface area contributed by atoms with Crippen LogP contribution in [0.3, 0.4) is 0 Å². The summed E-state index contributed by atoms with van der Waals surface area (Å²) in [5.74, 6) is 1.85. The Balaban J connectivity index is 1.63. The summed E-state index contributed by atoms with van der Waals surface area (Å²) in [6.45, 7) is 0.742. The monoisotopic (exact) mass is 292 g/mol. The fourth-order valence-corrected chi connectivity index (χ4v) is 3.35. The van der Waals surface area contributed by atoms with Crippen LogP contribution in [0.1, 0.15) is 18.0 Å². The Bertz CT molecular complexity index is 535. The number of carbonyl (C=O) groups is 2. The second-order valence-electron chi connectivity index (χ2n) is 4.86. The summed E-state index contributed by atoms with van der Waals surface area (Å²) in [5.41, 5.74) is 1.01. The number of amides is 2. The lowest BCUT2D eigenvalue weighted by Gasteiger charge is -2.27. The molecule has 5 nitrogen and oxygen atoms in total. The second kappa shape index (κ2) is 5.75. The molecule has 0 unspecified atom stereocenters. The molecule has 2 heterocycles. The van der Waals surface area contributed by atoms with Gasteiger partial charge >= 0.3 is 0 Å². The summed E-state index contributed by atoms with van der Waals surface area (Å²) < 4.78 is 5.57. The Morgan fingerprint density at radius 3 is 3.10 bits per heavy atom. The van der Waals surface area contributed by atoms with Crippen molar-refractivity contribution in [2.75, 3.05) is 24.8 Å². The highest BCUT2D eigenvalue weighted by Gasteiger charge is 2.26. The van der Waals surface area contributed by atoms with Crippen LogP contribution in [0.25, 0.3) is 0 Å². The van der Waals surface area contributed by atoms with Crippen molar-refractivity contribution >= 4 is 23.6 Å². The predicted octanol–water partition coefficient (Wildman–Crippen LogP) is 1.16. The third kappa shape index (κ3) is 2.75. The molecule has 1 saturated heterocycles. The van der Waals surface area contributed by atoms with Crippen molar-refractivity contribution in [3.63, 3.8) is 0 Å². The van der Waals surface area contributed by atoms with Gasteiger partial charge in [-0.15, -0.1) is 11.8 Å². The van der Waals surface area contributed by atoms with Crippen LogP contribution in [0.15, 0.2) is 24.3 Å². The fourth-order valence-electron chi connectivity index (χ4n) is 2.45. The van der Waals surface area contributed by atoms with Gasteiger partial charge in [0.1, 0.15) is 12.3 Å². The zero-order valence-corrected chi connectivity index (χ0v) is 11.8. The number of ether oxygens (including phenoxy) is 1. The number of para-hydroxylation sites is 1. The standard InChI is InChI=1S/C14H16N2O3S/c17-13(7-16-9-20-8-14(16)18)15-11-5-6-19-12-4-2-1-3-10(11)12/h1-4,11H,5-9H2,(H,15,17)/t11-/m1/s1. The minimum absolute atomic E-state index is 0.0298. The lowest BCUT2D eigenvalue weighted by atomic mass is 10.0. The highest BCUT2D eigenvalue weighted by atomic mass is 32.2. The maximum absolute atomic E-state index is 12.1. The molecule has 2 aliphatic heterocycles. The lowest BCUT2D eigenvalue weighted by Crippen LogP contribution is -2.40. The van der Waals surface area contributed by atoms with Gasteiger partial charge in [0, 0.05) is 12.0 Å². The largest absolute Gasteiger partial charge is 0.493 e. The minimum Gasteiger partial charge on any atom is -0.493 e. The van der Waals surface area contributed by atoms with Gasteiger partial charge in [-0.1, -0.05) is 18.2 Å². The molecule has 0 aromatic heterocycles. The summed E-state index contributed by atoms with van der Waals surface area (Å²) >= 11 is 1.54. The topological polar surface area (TPSA) is 58.6 Å². The summed E-state index contributed by atoms with van der Waals surface area (Å²) in [5, 5.41) is 3.00. The van der Waals surface area contributed by atoms with E-state index in [2.05, 4.69) is 5.32 Å². The van der Waals surface area contributed by atoms with Crippen molar-refractivity contribution < 1.29 is 14.3 Å². The van der Waals surface area contributed by atoms with E-state index in [1.54, 1.807) is 16.7 Å². The Labute approximate surface area is 121 Å². The Morgan fingerprint density at radius 2 is 2.30 bits per heavy atom. The average molecular weight is 292 g/mol. The number of hydrogen-bond donors (Lipinski definition) is 1. The van der Waals surface area contributed by atoms with E-state index in [1.807, 2.05) is 24.3 Å². The van der Waals surface area contributed by atoms with E-state index in [1.165, 1.54) is 0 Å². The molecule has 2 amide bonds. The molecule has 2 aliphatic rings. The zero-order chi connectivity index (χ0) is 13.9. The highest BCUT2D eigenvalue weighted by Crippen LogP contribution is 2.31. The van der Waals surface area contributed by atoms with Crippen LogP contribution in [0.4, 0.5) is 0 Å². The van der Waals surface area contributed by atoms with Crippen molar-refractivity contribution in [3.8, 4) is 5.75 Å². The first-order valence-corrected chi connectivity index (χ1v) is 7.76. The van der Waals surface area contributed by atoms with Gasteiger partial charge in [0.2, 0.25) is 11.8 Å². The first-order chi connectivity index (χ1) is 9.74. The third-order valence-electron chi connectivity index (χ3n) is 3.45. The maximum atomic E-state index is 12.1. The van der Waals surface area contributed by atoms with Crippen molar-refractivity contribution in [3.05, 3.63) is 29.8 Å². The number of nitrogens with one attached hydrogen (secondary N) is 1. The molecule has 1 aromatic rings. The summed E-state index contributed by atoms with van der Waals surface area (Å²) in [4.78, 5) is 25.2. The first-order valence-electron chi connectivity index (χ1n) is 6.60. The molecule has 20 heavy (non-hydrogen) atoms. The van der Waals surface area contributed by atoms with Crippen LogP contribution >= 0.6 is 11.8 Å². The quantitative estimate of drug-likeness (QED) is 0.908. The van der Waals surface area contributed by atoms with Crippen molar-refractivity contribution in [1.82, 2.24) is 10.2 Å². The summed E-state index contributed by atoms with van der Waals surface area (Å²) in [6.07, 6.45) is 0.755. The number of thioether (sulfide) groups is 1. The molecule has 0 saturated carbocycles. The van der Waals surface area contributed by atoms with Crippen LogP contribution < -0.4 is 10.1 Å². The van der Waals surface area contributed by atoms with E-state index in [0.717, 1.165) is 17.7 Å². The Morgan fingerprint density at radius 1 is 1.45 bits per heavy atom. The number of benzene rings is 1. The van der Waals surface area contributed by atoms with Gasteiger partial charge in [-0.05, 0) is 6.07 Å². The van der Waals surface area contributed by atoms with Gasteiger partial charge in [0.25, 0.3) is 0 Å². The van der Waals surface area contributed by atoms with Gasteiger partial charge in [0.05, 0.1) is 24.3 Å². The van der Waals surface area contributed by atoms with Gasteiger partial charge in [-0.2, -0.15) is 0 Å². The van der Waals surface area contributed by atoms with Crippen molar-refractivity contribution in [2.24, 2.45) is 0 Å². The molecule has 1 aromatic carbocycles. The number of fused-ring (bicyclic) bond motifs is 1. The third-order valence-corrected chi connectivity index (χ3v) is 4.40. The van der Waals surface area contributed by atoms with E-state index in [0.29, 0.717) is 18.2 Å². The predicted molar refractivity (Wildman–Crippen MR) is 76.5 cm³/mol. The SMILES string of the molecule is O=C(CN1CSCC1=O)N[C@@H]1CCOc2ccccc21. The van der Waals surface area contributed by atoms with Crippen LogP contribution in [-0.4, -0.2) is 41.5 Å². The van der Waals surface area contributed by atoms with Crippen LogP contribution in [0.2, 0.25) is 0 Å². The highest BCUT2D eigenvalue weighted by molar-refractivity contribution is 8.00. The smallest absolute Gasteiger partial charge is 0.240 e. The molecule has 1 N–H and O–H groups in total. The van der Waals surface area contributed by atoms with E-state index in [4.69, 9.17) is 4.74 Å². The molecule has 0 aliphatic carbocycles. The molecule has 3 rings (SSSR count). The molecular weight excluding hydrogens is 276 g/mol. The fraction of sp³-hybridized carbons (Fsp3) is 0.429. The van der Waals surface area contributed by atoms with Crippen molar-refractivity contribution in [2.45, 2.75) is 12.5 Å². The second-order valence-corrected chi connectivity index (χ2v) is 5.82. The number of nitrogens with zero attached hydrogens (tertiary/aromatic N) is 1. The molecule has 6 heteroatoms. The Kier molecular flexibility index (Phi) is 3.82. The lowest BCUT2D eigenvalue weighted by molar-refractivity contribution is -0.132. The average Bonchev–Trinajstić information content (AvgIpc) is 2.85. The van der Waals surface area contributed by atoms with Gasteiger partial charge in [0.15, 0.2) is 0 Å². The normalized spacial score (nSPS) is 21.3. The molecule has 1 fully saturated rings. The van der Waals surface area contributed by atoms with E-state index >= 15 is 0 Å². The van der Waals surface area contributed by atoms with Crippen molar-refractivity contribution in [1.29, 1.82) is 0 Å². The van der Waals surface area contributed by atoms with Gasteiger partial charge < -0.3 is 15.0 Å². The summed E-state index contributed by atoms with van der Waals surface area (Å²) in [6, 6.07) is 7.71. The maximum Gasteiger partial charge on any atom is 0.240 e. The molecule has 1 atom stereocenters. The molecule has 0 spiro atoms. The number of rotatable bonds is 3. The molecule has 0 radical (unpaired) electrons. The molecule has 0 bridgehead atoms. The number of carbonyl (C=O) groups excluding carboxylic acids is 2. The van der Waals surface area contributed by atoms with Gasteiger partial charge in [-0.3, -0.25) is 9.59 Å². The minimum atomic E-state index is -0.109.